The quantitative estimate of drug-likeness (QED) is 0.847. The van der Waals surface area contributed by atoms with Gasteiger partial charge >= 0.3 is 0 Å². The fourth-order valence-corrected chi connectivity index (χ4v) is 3.98. The van der Waals surface area contributed by atoms with Crippen molar-refractivity contribution in [3.05, 3.63) is 35.9 Å². The zero-order valence-corrected chi connectivity index (χ0v) is 15.2. The van der Waals surface area contributed by atoms with Crippen LogP contribution in [0.5, 0.6) is 0 Å². The van der Waals surface area contributed by atoms with Crippen molar-refractivity contribution < 1.29 is 4.79 Å². The van der Waals surface area contributed by atoms with Gasteiger partial charge in [-0.15, -0.1) is 0 Å². The van der Waals surface area contributed by atoms with E-state index in [1.165, 1.54) is 22.7 Å². The Morgan fingerprint density at radius 2 is 2.08 bits per heavy atom. The molecular formula is C19H25N3OS. The number of piperidine rings is 1. The molecule has 0 unspecified atom stereocenters. The summed E-state index contributed by atoms with van der Waals surface area (Å²) < 4.78 is 0. The normalized spacial score (nSPS) is 16.4. The summed E-state index contributed by atoms with van der Waals surface area (Å²) in [6, 6.07) is 10.5. The first-order valence-electron chi connectivity index (χ1n) is 8.66. The third-order valence-corrected chi connectivity index (χ3v) is 5.56. The molecule has 0 spiro atoms. The van der Waals surface area contributed by atoms with Crippen LogP contribution in [0.2, 0.25) is 0 Å². The summed E-state index contributed by atoms with van der Waals surface area (Å²) in [6.07, 6.45) is 2.11. The molecule has 1 N–H and O–H groups in total. The lowest BCUT2D eigenvalue weighted by atomic mass is 10.1. The largest absolute Gasteiger partial charge is 0.353 e. The zero-order valence-electron chi connectivity index (χ0n) is 14.4. The van der Waals surface area contributed by atoms with Crippen molar-refractivity contribution in [2.45, 2.75) is 37.8 Å². The number of aryl methyl sites for hydroxylation is 1. The second-order valence-electron chi connectivity index (χ2n) is 6.36. The van der Waals surface area contributed by atoms with Gasteiger partial charge in [0, 0.05) is 24.5 Å². The van der Waals surface area contributed by atoms with Gasteiger partial charge in [-0.3, -0.25) is 4.79 Å². The topological polar surface area (TPSA) is 45.2 Å². The van der Waals surface area contributed by atoms with Crippen LogP contribution in [0.15, 0.2) is 35.4 Å². The van der Waals surface area contributed by atoms with E-state index < -0.39 is 0 Å². The highest BCUT2D eigenvalue weighted by Gasteiger charge is 2.19. The lowest BCUT2D eigenvalue weighted by Crippen LogP contribution is -2.45. The molecule has 5 heteroatoms. The molecule has 2 heterocycles. The fraction of sp³-hybridized carbons (Fsp3) is 0.474. The molecule has 1 aliphatic heterocycles. The number of carbonyl (C=O) groups is 1. The van der Waals surface area contributed by atoms with Crippen LogP contribution in [0.1, 0.15) is 25.3 Å². The average Bonchev–Trinajstić information content (AvgIpc) is 2.61. The van der Waals surface area contributed by atoms with Crippen molar-refractivity contribution in [2.75, 3.05) is 25.4 Å². The number of amides is 1. The molecule has 2 aromatic rings. The number of nitrogens with one attached hydrogen (secondary N) is 1. The molecule has 0 bridgehead atoms. The van der Waals surface area contributed by atoms with Crippen molar-refractivity contribution in [3.8, 4) is 0 Å². The molecule has 1 amide bonds. The van der Waals surface area contributed by atoms with E-state index in [4.69, 9.17) is 0 Å². The first kappa shape index (κ1) is 17.2. The third-order valence-electron chi connectivity index (χ3n) is 4.65. The number of aromatic nitrogens is 1. The number of hydrogen-bond donors (Lipinski definition) is 1. The Labute approximate surface area is 148 Å². The van der Waals surface area contributed by atoms with Crippen LogP contribution >= 0.6 is 11.8 Å². The highest BCUT2D eigenvalue weighted by Crippen LogP contribution is 2.23. The van der Waals surface area contributed by atoms with Gasteiger partial charge < -0.3 is 10.2 Å². The molecule has 1 aromatic carbocycles. The summed E-state index contributed by atoms with van der Waals surface area (Å²) in [5.74, 6) is 0.543. The Kier molecular flexibility index (Phi) is 5.74. The zero-order chi connectivity index (χ0) is 16.9. The molecule has 1 fully saturated rings. The number of hydrogen-bond acceptors (Lipinski definition) is 4. The molecule has 1 aliphatic rings. The predicted molar refractivity (Wildman–Crippen MR) is 100 cm³/mol. The smallest absolute Gasteiger partial charge is 0.230 e. The van der Waals surface area contributed by atoms with Gasteiger partial charge in [-0.05, 0) is 44.0 Å². The van der Waals surface area contributed by atoms with Gasteiger partial charge in [0.05, 0.1) is 16.3 Å². The molecule has 4 nitrogen and oxygen atoms in total. The Morgan fingerprint density at radius 3 is 2.83 bits per heavy atom. The highest BCUT2D eigenvalue weighted by atomic mass is 32.2. The van der Waals surface area contributed by atoms with Crippen molar-refractivity contribution >= 4 is 28.6 Å². The Bertz CT molecular complexity index is 711. The van der Waals surface area contributed by atoms with Crippen molar-refractivity contribution in [1.29, 1.82) is 0 Å². The minimum Gasteiger partial charge on any atom is -0.353 e. The molecule has 0 radical (unpaired) electrons. The molecule has 0 saturated carbocycles. The van der Waals surface area contributed by atoms with E-state index in [1.807, 2.05) is 18.2 Å². The van der Waals surface area contributed by atoms with E-state index >= 15 is 0 Å². The van der Waals surface area contributed by atoms with Gasteiger partial charge in [0.25, 0.3) is 0 Å². The lowest BCUT2D eigenvalue weighted by Gasteiger charge is -2.31. The Morgan fingerprint density at radius 1 is 1.33 bits per heavy atom. The summed E-state index contributed by atoms with van der Waals surface area (Å²) >= 11 is 1.52. The van der Waals surface area contributed by atoms with Crippen LogP contribution in [0.4, 0.5) is 0 Å². The lowest BCUT2D eigenvalue weighted by molar-refractivity contribution is -0.119. The number of nitrogens with zero attached hydrogens (tertiary/aromatic N) is 2. The van der Waals surface area contributed by atoms with Crippen LogP contribution in [0.25, 0.3) is 10.9 Å². The Balaban J connectivity index is 1.53. The van der Waals surface area contributed by atoms with Crippen molar-refractivity contribution in [2.24, 2.45) is 0 Å². The van der Waals surface area contributed by atoms with E-state index in [2.05, 4.69) is 41.2 Å². The van der Waals surface area contributed by atoms with Gasteiger partial charge in [-0.1, -0.05) is 36.9 Å². The molecule has 128 valence electrons. The van der Waals surface area contributed by atoms with Gasteiger partial charge in [0.1, 0.15) is 0 Å². The summed E-state index contributed by atoms with van der Waals surface area (Å²) in [6.45, 7) is 7.55. The summed E-state index contributed by atoms with van der Waals surface area (Å²) in [7, 11) is 0. The summed E-state index contributed by atoms with van der Waals surface area (Å²) in [4.78, 5) is 19.3. The second-order valence-corrected chi connectivity index (χ2v) is 7.35. The number of likely N-dealkylation sites (tertiary alicyclic amines) is 1. The predicted octanol–water partition coefficient (Wildman–Crippen LogP) is 3.24. The summed E-state index contributed by atoms with van der Waals surface area (Å²) in [5, 5.41) is 5.26. The SMILES string of the molecule is CCN1CCC(NC(=O)CSc2cc(C)c3ccccc3n2)CC1. The number of benzene rings is 1. The number of pyridine rings is 1. The van der Waals surface area contributed by atoms with E-state index in [0.29, 0.717) is 11.8 Å². The Hall–Kier alpha value is -1.59. The van der Waals surface area contributed by atoms with Crippen LogP contribution in [0.3, 0.4) is 0 Å². The first-order chi connectivity index (χ1) is 11.7. The van der Waals surface area contributed by atoms with Crippen LogP contribution in [0, 0.1) is 6.92 Å². The van der Waals surface area contributed by atoms with E-state index in [-0.39, 0.29) is 5.91 Å². The molecule has 0 aliphatic carbocycles. The van der Waals surface area contributed by atoms with Crippen LogP contribution in [-0.4, -0.2) is 47.2 Å². The first-order valence-corrected chi connectivity index (χ1v) is 9.65. The molecule has 1 aromatic heterocycles. The van der Waals surface area contributed by atoms with E-state index in [1.54, 1.807) is 0 Å². The minimum atomic E-state index is 0.113. The van der Waals surface area contributed by atoms with E-state index in [0.717, 1.165) is 43.0 Å². The van der Waals surface area contributed by atoms with Gasteiger partial charge in [0.2, 0.25) is 5.91 Å². The third kappa shape index (κ3) is 4.28. The highest BCUT2D eigenvalue weighted by molar-refractivity contribution is 7.99. The number of carbonyl (C=O) groups excluding carboxylic acids is 1. The monoisotopic (exact) mass is 343 g/mol. The number of thioether (sulfide) groups is 1. The van der Waals surface area contributed by atoms with Crippen molar-refractivity contribution in [3.63, 3.8) is 0 Å². The number of fused-ring (bicyclic) bond motifs is 1. The van der Waals surface area contributed by atoms with Crippen LogP contribution in [-0.2, 0) is 4.79 Å². The van der Waals surface area contributed by atoms with Crippen molar-refractivity contribution in [1.82, 2.24) is 15.2 Å². The van der Waals surface area contributed by atoms with Gasteiger partial charge in [-0.25, -0.2) is 4.98 Å². The maximum absolute atomic E-state index is 12.2. The standard InChI is InChI=1S/C19H25N3OS/c1-3-22-10-8-15(9-11-22)20-18(23)13-24-19-12-14(2)16-6-4-5-7-17(16)21-19/h4-7,12,15H,3,8-11,13H2,1-2H3,(H,20,23). The van der Waals surface area contributed by atoms with Crippen LogP contribution < -0.4 is 5.32 Å². The molecule has 1 saturated heterocycles. The summed E-state index contributed by atoms with van der Waals surface area (Å²) in [5.41, 5.74) is 2.20. The molecule has 3 rings (SSSR count). The maximum atomic E-state index is 12.2. The molecule has 24 heavy (non-hydrogen) atoms. The fourth-order valence-electron chi connectivity index (χ4n) is 3.19. The molecule has 0 atom stereocenters. The average molecular weight is 343 g/mol. The van der Waals surface area contributed by atoms with Gasteiger partial charge in [-0.2, -0.15) is 0 Å². The maximum Gasteiger partial charge on any atom is 0.230 e. The number of rotatable bonds is 5. The van der Waals surface area contributed by atoms with Gasteiger partial charge in [0.15, 0.2) is 0 Å². The molecular weight excluding hydrogens is 318 g/mol. The van der Waals surface area contributed by atoms with E-state index in [9.17, 15) is 4.79 Å². The minimum absolute atomic E-state index is 0.113. The number of para-hydroxylation sites is 1. The second kappa shape index (κ2) is 7.99.